The monoisotopic (exact) mass is 359 g/mol. The molecule has 0 N–H and O–H groups in total. The molecular weight excluding hydrogens is 353 g/mol. The summed E-state index contributed by atoms with van der Waals surface area (Å²) in [6.45, 7) is 0. The average Bonchev–Trinajstić information content (AvgIpc) is 2.39. The molecule has 0 amide bonds. The van der Waals surface area contributed by atoms with Crippen LogP contribution in [0.15, 0.2) is 53.0 Å². The molecule has 0 aliphatic carbocycles. The number of non-ortho nitro benzene ring substituents is 1. The highest BCUT2D eigenvalue weighted by atomic mass is 79.9. The van der Waals surface area contributed by atoms with Gasteiger partial charge in [-0.2, -0.15) is 0 Å². The summed E-state index contributed by atoms with van der Waals surface area (Å²) in [4.78, 5) is 10.3. The van der Waals surface area contributed by atoms with E-state index in [-0.39, 0.29) is 5.69 Å². The predicted molar refractivity (Wildman–Crippen MR) is 79.7 cm³/mol. The molecule has 3 nitrogen and oxygen atoms in total. The lowest BCUT2D eigenvalue weighted by Crippen LogP contribution is -2.12. The summed E-state index contributed by atoms with van der Waals surface area (Å²) >= 11 is 16.0. The summed E-state index contributed by atoms with van der Waals surface area (Å²) in [6.07, 6.45) is 0. The average molecular weight is 361 g/mol. The van der Waals surface area contributed by atoms with Gasteiger partial charge in [0.05, 0.1) is 4.92 Å². The maximum Gasteiger partial charge on any atom is 0.269 e. The lowest BCUT2D eigenvalue weighted by molar-refractivity contribution is -0.384. The Morgan fingerprint density at radius 3 is 2.26 bits per heavy atom. The molecule has 0 aromatic heterocycles. The smallest absolute Gasteiger partial charge is 0.258 e. The second kappa shape index (κ2) is 5.49. The van der Waals surface area contributed by atoms with E-state index in [9.17, 15) is 10.1 Å². The van der Waals surface area contributed by atoms with Crippen LogP contribution in [0.3, 0.4) is 0 Å². The third-order valence-electron chi connectivity index (χ3n) is 2.63. The maximum absolute atomic E-state index is 10.8. The fourth-order valence-corrected chi connectivity index (χ4v) is 2.39. The van der Waals surface area contributed by atoms with Crippen LogP contribution in [0.25, 0.3) is 0 Å². The first-order chi connectivity index (χ1) is 8.91. The molecule has 0 spiro atoms. The van der Waals surface area contributed by atoms with Gasteiger partial charge < -0.3 is 0 Å². The van der Waals surface area contributed by atoms with Gasteiger partial charge in [0.2, 0.25) is 0 Å². The highest BCUT2D eigenvalue weighted by Crippen LogP contribution is 2.41. The fraction of sp³-hybridized carbons (Fsp3) is 0.0769. The van der Waals surface area contributed by atoms with Crippen molar-refractivity contribution in [2.75, 3.05) is 0 Å². The van der Waals surface area contributed by atoms with Crippen LogP contribution in [-0.4, -0.2) is 4.92 Å². The molecule has 6 heteroatoms. The Kier molecular flexibility index (Phi) is 4.13. The van der Waals surface area contributed by atoms with E-state index >= 15 is 0 Å². The number of hydrogen-bond donors (Lipinski definition) is 0. The number of rotatable bonds is 3. The van der Waals surface area contributed by atoms with E-state index in [0.717, 1.165) is 4.47 Å². The third kappa shape index (κ3) is 3.08. The normalized spacial score (nSPS) is 11.3. The molecule has 0 atom stereocenters. The first-order valence-corrected chi connectivity index (χ1v) is 6.85. The van der Waals surface area contributed by atoms with E-state index in [1.54, 1.807) is 24.3 Å². The lowest BCUT2D eigenvalue weighted by Gasteiger charge is -2.20. The van der Waals surface area contributed by atoms with Crippen molar-refractivity contribution in [1.29, 1.82) is 0 Å². The number of nitro benzene ring substituents is 1. The summed E-state index contributed by atoms with van der Waals surface area (Å²) in [5.41, 5.74) is 1.08. The van der Waals surface area contributed by atoms with Crippen molar-refractivity contribution in [2.24, 2.45) is 0 Å². The molecule has 0 saturated carbocycles. The first-order valence-electron chi connectivity index (χ1n) is 5.30. The lowest BCUT2D eigenvalue weighted by atomic mass is 10.0. The Balaban J connectivity index is 2.46. The van der Waals surface area contributed by atoms with Crippen molar-refractivity contribution in [2.45, 2.75) is 4.33 Å². The molecule has 2 aromatic rings. The highest BCUT2D eigenvalue weighted by Gasteiger charge is 2.30. The van der Waals surface area contributed by atoms with Gasteiger partial charge in [0.15, 0.2) is 4.33 Å². The van der Waals surface area contributed by atoms with Gasteiger partial charge in [-0.05, 0) is 23.3 Å². The van der Waals surface area contributed by atoms with Gasteiger partial charge in [0.1, 0.15) is 0 Å². The number of nitrogens with zero attached hydrogens (tertiary/aromatic N) is 1. The minimum absolute atomic E-state index is 0.0414. The summed E-state index contributed by atoms with van der Waals surface area (Å²) < 4.78 is -0.424. The van der Waals surface area contributed by atoms with Crippen LogP contribution >= 0.6 is 39.1 Å². The van der Waals surface area contributed by atoms with Crippen molar-refractivity contribution in [3.8, 4) is 0 Å². The zero-order valence-electron chi connectivity index (χ0n) is 9.52. The van der Waals surface area contributed by atoms with Crippen LogP contribution in [0, 0.1) is 10.1 Å². The van der Waals surface area contributed by atoms with Crippen LogP contribution < -0.4 is 0 Å². The molecule has 0 heterocycles. The quantitative estimate of drug-likeness (QED) is 0.437. The standard InChI is InChI=1S/C13H8BrCl2NO2/c14-11-6-4-9(5-7-11)13(15,16)10-2-1-3-12(8-10)17(18)19/h1-8H. The van der Waals surface area contributed by atoms with Gasteiger partial charge in [-0.15, -0.1) is 0 Å². The minimum atomic E-state index is -1.33. The SMILES string of the molecule is O=[N+]([O-])c1cccc(C(Cl)(Cl)c2ccc(Br)cc2)c1. The number of benzene rings is 2. The Labute approximate surface area is 128 Å². The molecular formula is C13H8BrCl2NO2. The van der Waals surface area contributed by atoms with Gasteiger partial charge >= 0.3 is 0 Å². The van der Waals surface area contributed by atoms with Crippen LogP contribution in [0.1, 0.15) is 11.1 Å². The van der Waals surface area contributed by atoms with E-state index in [0.29, 0.717) is 11.1 Å². The van der Waals surface area contributed by atoms with E-state index in [1.807, 2.05) is 12.1 Å². The Morgan fingerprint density at radius 1 is 1.05 bits per heavy atom. The first kappa shape index (κ1) is 14.3. The van der Waals surface area contributed by atoms with E-state index in [2.05, 4.69) is 15.9 Å². The van der Waals surface area contributed by atoms with Gasteiger partial charge in [-0.3, -0.25) is 10.1 Å². The topological polar surface area (TPSA) is 43.1 Å². The fourth-order valence-electron chi connectivity index (χ4n) is 1.64. The molecule has 2 aromatic carbocycles. The number of nitro groups is 1. The number of hydrogen-bond acceptors (Lipinski definition) is 2. The highest BCUT2D eigenvalue weighted by molar-refractivity contribution is 9.10. The Bertz CT molecular complexity index is 614. The second-order valence-corrected chi connectivity index (χ2v) is 6.13. The summed E-state index contributed by atoms with van der Waals surface area (Å²) in [5.74, 6) is 0. The van der Waals surface area contributed by atoms with Crippen molar-refractivity contribution in [3.63, 3.8) is 0 Å². The summed E-state index contributed by atoms with van der Waals surface area (Å²) in [7, 11) is 0. The van der Waals surface area contributed by atoms with Crippen LogP contribution in [0.4, 0.5) is 5.69 Å². The van der Waals surface area contributed by atoms with Crippen molar-refractivity contribution in [3.05, 3.63) is 74.2 Å². The third-order valence-corrected chi connectivity index (χ3v) is 4.03. The second-order valence-electron chi connectivity index (χ2n) is 3.89. The molecule has 0 saturated heterocycles. The van der Waals surface area contributed by atoms with Crippen LogP contribution in [0.2, 0.25) is 0 Å². The van der Waals surface area contributed by atoms with E-state index in [4.69, 9.17) is 23.2 Å². The molecule has 0 radical (unpaired) electrons. The molecule has 0 aliphatic rings. The van der Waals surface area contributed by atoms with Crippen molar-refractivity contribution < 1.29 is 4.92 Å². The van der Waals surface area contributed by atoms with Gasteiger partial charge in [0.25, 0.3) is 5.69 Å². The maximum atomic E-state index is 10.8. The Hall–Kier alpha value is -1.10. The van der Waals surface area contributed by atoms with Gasteiger partial charge in [-0.25, -0.2) is 0 Å². The van der Waals surface area contributed by atoms with Crippen molar-refractivity contribution >= 4 is 44.8 Å². The molecule has 2 rings (SSSR count). The zero-order valence-corrected chi connectivity index (χ0v) is 12.6. The molecule has 98 valence electrons. The summed E-state index contributed by atoms with van der Waals surface area (Å²) in [5, 5.41) is 10.8. The zero-order chi connectivity index (χ0) is 14.0. The van der Waals surface area contributed by atoms with E-state index in [1.165, 1.54) is 12.1 Å². The molecule has 0 unspecified atom stereocenters. The molecule has 0 bridgehead atoms. The van der Waals surface area contributed by atoms with Gasteiger partial charge in [-0.1, -0.05) is 63.4 Å². The molecule has 19 heavy (non-hydrogen) atoms. The van der Waals surface area contributed by atoms with Crippen molar-refractivity contribution in [1.82, 2.24) is 0 Å². The molecule has 0 fully saturated rings. The summed E-state index contributed by atoms with van der Waals surface area (Å²) in [6, 6.07) is 13.2. The van der Waals surface area contributed by atoms with Gasteiger partial charge in [0, 0.05) is 16.6 Å². The number of alkyl halides is 2. The van der Waals surface area contributed by atoms with Crippen LogP contribution in [-0.2, 0) is 4.33 Å². The predicted octanol–water partition coefficient (Wildman–Crippen LogP) is 5.04. The largest absolute Gasteiger partial charge is 0.269 e. The number of halogens is 3. The molecule has 0 aliphatic heterocycles. The minimum Gasteiger partial charge on any atom is -0.258 e. The Morgan fingerprint density at radius 2 is 1.68 bits per heavy atom. The van der Waals surface area contributed by atoms with Crippen LogP contribution in [0.5, 0.6) is 0 Å². The van der Waals surface area contributed by atoms with E-state index < -0.39 is 9.26 Å².